The molecule has 5 rings (SSSR count). The van der Waals surface area contributed by atoms with Gasteiger partial charge in [-0.05, 0) is 74.4 Å². The monoisotopic (exact) mass is 557 g/mol. The molecule has 2 N–H and O–H groups in total. The van der Waals surface area contributed by atoms with Gasteiger partial charge in [0, 0.05) is 42.5 Å². The molecule has 1 aliphatic heterocycles. The van der Waals surface area contributed by atoms with Crippen molar-refractivity contribution in [1.29, 1.82) is 0 Å². The van der Waals surface area contributed by atoms with Gasteiger partial charge in [-0.3, -0.25) is 4.79 Å². The number of nitrogens with zero attached hydrogens (tertiary/aromatic N) is 4. The van der Waals surface area contributed by atoms with E-state index in [-0.39, 0.29) is 34.5 Å². The van der Waals surface area contributed by atoms with Crippen molar-refractivity contribution in [2.45, 2.75) is 57.6 Å². The molecule has 0 radical (unpaired) electrons. The lowest BCUT2D eigenvalue weighted by Crippen LogP contribution is -2.48. The summed E-state index contributed by atoms with van der Waals surface area (Å²) in [5, 5.41) is 14.1. The minimum Gasteiger partial charge on any atom is -0.393 e. The highest BCUT2D eigenvalue weighted by molar-refractivity contribution is 6.30. The average molecular weight is 558 g/mol. The minimum absolute atomic E-state index is 0.0391. The van der Waals surface area contributed by atoms with E-state index < -0.39 is 17.7 Å². The molecular formula is C29H34ClF2N5O2. The van der Waals surface area contributed by atoms with E-state index in [2.05, 4.69) is 15.3 Å². The lowest BCUT2D eigenvalue weighted by atomic mass is 9.87. The van der Waals surface area contributed by atoms with Crippen LogP contribution in [-0.4, -0.2) is 58.2 Å². The number of aromatic nitrogens is 2. The highest BCUT2D eigenvalue weighted by Crippen LogP contribution is 2.37. The number of aliphatic hydroxyl groups is 1. The summed E-state index contributed by atoms with van der Waals surface area (Å²) >= 11 is 5.90. The second-order valence-electron chi connectivity index (χ2n) is 10.6. The molecule has 7 nitrogen and oxygen atoms in total. The summed E-state index contributed by atoms with van der Waals surface area (Å²) in [7, 11) is 1.88. The summed E-state index contributed by atoms with van der Waals surface area (Å²) in [6.07, 6.45) is 4.43. The second kappa shape index (κ2) is 11.6. The first-order valence-electron chi connectivity index (χ1n) is 13.6. The van der Waals surface area contributed by atoms with Crippen molar-refractivity contribution in [2.75, 3.05) is 30.4 Å². The number of rotatable bonds is 7. The van der Waals surface area contributed by atoms with Crippen LogP contribution in [0.5, 0.6) is 0 Å². The predicted octanol–water partition coefficient (Wildman–Crippen LogP) is 5.92. The van der Waals surface area contributed by atoms with Gasteiger partial charge < -0.3 is 20.2 Å². The molecule has 1 saturated carbocycles. The van der Waals surface area contributed by atoms with Crippen LogP contribution in [0.2, 0.25) is 5.02 Å². The number of halogens is 3. The van der Waals surface area contributed by atoms with Crippen LogP contribution in [0.15, 0.2) is 36.4 Å². The molecule has 1 amide bonds. The average Bonchev–Trinajstić information content (AvgIpc) is 3.43. The topological polar surface area (TPSA) is 81.6 Å². The SMILES string of the molecule is CCC(O)C1CCCC1C(=O)N(C)C1CCN(c2nc(Nc3ccc(Cl)cc3F)c3cc(F)ccc3n2)CC1. The Balaban J connectivity index is 1.32. The fourth-order valence-corrected chi connectivity index (χ4v) is 6.16. The summed E-state index contributed by atoms with van der Waals surface area (Å²) < 4.78 is 28.6. The van der Waals surface area contributed by atoms with Crippen molar-refractivity contribution in [2.24, 2.45) is 11.8 Å². The van der Waals surface area contributed by atoms with Crippen LogP contribution in [0.3, 0.4) is 0 Å². The van der Waals surface area contributed by atoms with Gasteiger partial charge in [0.2, 0.25) is 11.9 Å². The molecule has 0 spiro atoms. The summed E-state index contributed by atoms with van der Waals surface area (Å²) in [5.41, 5.74) is 0.710. The number of hydrogen-bond acceptors (Lipinski definition) is 6. The molecule has 10 heteroatoms. The zero-order chi connectivity index (χ0) is 27.7. The largest absolute Gasteiger partial charge is 0.393 e. The Bertz CT molecular complexity index is 1350. The summed E-state index contributed by atoms with van der Waals surface area (Å²) in [6.45, 7) is 3.23. The van der Waals surface area contributed by atoms with E-state index in [1.165, 1.54) is 24.3 Å². The Morgan fingerprint density at radius 1 is 1.15 bits per heavy atom. The van der Waals surface area contributed by atoms with Crippen LogP contribution >= 0.6 is 11.6 Å². The van der Waals surface area contributed by atoms with Gasteiger partial charge in [-0.15, -0.1) is 0 Å². The number of fused-ring (bicyclic) bond motifs is 1. The standard InChI is InChI=1S/C29H34ClF2N5O2/c1-3-26(38)20-5-4-6-21(20)28(39)36(2)19-11-13-37(14-12-19)29-34-24-10-8-18(31)16-22(24)27(35-29)33-25-9-7-17(30)15-23(25)32/h7-10,15-16,19-21,26,38H,3-6,11-14H2,1-2H3,(H,33,34,35). The minimum atomic E-state index is -0.545. The third-order valence-corrected chi connectivity index (χ3v) is 8.51. The normalized spacial score (nSPS) is 20.8. The Morgan fingerprint density at radius 2 is 1.92 bits per heavy atom. The number of benzene rings is 2. The number of piperidine rings is 1. The first-order chi connectivity index (χ1) is 18.7. The first-order valence-corrected chi connectivity index (χ1v) is 14.0. The number of carbonyl (C=O) groups excluding carboxylic acids is 1. The summed E-state index contributed by atoms with van der Waals surface area (Å²) in [4.78, 5) is 26.6. The lowest BCUT2D eigenvalue weighted by Gasteiger charge is -2.38. The molecular weight excluding hydrogens is 524 g/mol. The van der Waals surface area contributed by atoms with Crippen molar-refractivity contribution >= 4 is 45.9 Å². The van der Waals surface area contributed by atoms with Crippen LogP contribution < -0.4 is 10.2 Å². The summed E-state index contributed by atoms with van der Waals surface area (Å²) in [6, 6.07) is 8.62. The van der Waals surface area contributed by atoms with Gasteiger partial charge in [0.25, 0.3) is 0 Å². The molecule has 1 saturated heterocycles. The van der Waals surface area contributed by atoms with Gasteiger partial charge in [-0.1, -0.05) is 24.9 Å². The predicted molar refractivity (Wildman–Crippen MR) is 149 cm³/mol. The molecule has 3 aromatic rings. The molecule has 2 fully saturated rings. The summed E-state index contributed by atoms with van der Waals surface area (Å²) in [5.74, 6) is -0.179. The Morgan fingerprint density at radius 3 is 2.64 bits per heavy atom. The molecule has 208 valence electrons. The highest BCUT2D eigenvalue weighted by atomic mass is 35.5. The van der Waals surface area contributed by atoms with Gasteiger partial charge in [0.05, 0.1) is 17.3 Å². The Labute approximate surface area is 232 Å². The molecule has 0 bridgehead atoms. The Hall–Kier alpha value is -3.04. The van der Waals surface area contributed by atoms with Gasteiger partial charge >= 0.3 is 0 Å². The van der Waals surface area contributed by atoms with E-state index >= 15 is 0 Å². The van der Waals surface area contributed by atoms with E-state index in [0.29, 0.717) is 42.2 Å². The van der Waals surface area contributed by atoms with Gasteiger partial charge in [0.1, 0.15) is 17.5 Å². The molecule has 3 atom stereocenters. The van der Waals surface area contributed by atoms with E-state index in [9.17, 15) is 18.7 Å². The molecule has 2 aromatic carbocycles. The number of carbonyl (C=O) groups is 1. The van der Waals surface area contributed by atoms with E-state index in [4.69, 9.17) is 11.6 Å². The molecule has 1 aromatic heterocycles. The van der Waals surface area contributed by atoms with Crippen molar-refractivity contribution in [3.8, 4) is 0 Å². The number of aliphatic hydroxyl groups excluding tert-OH is 1. The zero-order valence-electron chi connectivity index (χ0n) is 22.2. The van der Waals surface area contributed by atoms with Gasteiger partial charge in [-0.2, -0.15) is 4.98 Å². The number of anilines is 3. The van der Waals surface area contributed by atoms with Crippen LogP contribution in [0.4, 0.5) is 26.2 Å². The molecule has 1 aliphatic carbocycles. The maximum atomic E-state index is 14.5. The Kier molecular flexibility index (Phi) is 8.19. The van der Waals surface area contributed by atoms with Crippen LogP contribution in [0.25, 0.3) is 10.9 Å². The quantitative estimate of drug-likeness (QED) is 0.375. The van der Waals surface area contributed by atoms with Crippen molar-refractivity contribution in [3.63, 3.8) is 0 Å². The van der Waals surface area contributed by atoms with Crippen LogP contribution in [0.1, 0.15) is 45.4 Å². The van der Waals surface area contributed by atoms with Crippen LogP contribution in [0, 0.1) is 23.5 Å². The number of amides is 1. The van der Waals surface area contributed by atoms with Gasteiger partial charge in [-0.25, -0.2) is 13.8 Å². The third-order valence-electron chi connectivity index (χ3n) is 8.27. The van der Waals surface area contributed by atoms with Crippen LogP contribution in [-0.2, 0) is 4.79 Å². The van der Waals surface area contributed by atoms with E-state index in [1.54, 1.807) is 12.1 Å². The molecule has 39 heavy (non-hydrogen) atoms. The second-order valence-corrected chi connectivity index (χ2v) is 11.1. The fraction of sp³-hybridized carbons (Fsp3) is 0.483. The zero-order valence-corrected chi connectivity index (χ0v) is 23.0. The van der Waals surface area contributed by atoms with Crippen molar-refractivity contribution in [3.05, 3.63) is 53.1 Å². The van der Waals surface area contributed by atoms with Crippen molar-refractivity contribution < 1.29 is 18.7 Å². The first kappa shape index (κ1) is 27.5. The van der Waals surface area contributed by atoms with Crippen molar-refractivity contribution in [1.82, 2.24) is 14.9 Å². The molecule has 2 aliphatic rings. The number of nitrogens with one attached hydrogen (secondary N) is 1. The highest BCUT2D eigenvalue weighted by Gasteiger charge is 2.39. The smallest absolute Gasteiger partial charge is 0.227 e. The van der Waals surface area contributed by atoms with E-state index in [1.807, 2.05) is 23.8 Å². The molecule has 2 heterocycles. The maximum absolute atomic E-state index is 14.5. The lowest BCUT2D eigenvalue weighted by molar-refractivity contribution is -0.139. The maximum Gasteiger partial charge on any atom is 0.227 e. The molecule has 3 unspecified atom stereocenters. The van der Waals surface area contributed by atoms with E-state index in [0.717, 1.165) is 32.1 Å². The van der Waals surface area contributed by atoms with Gasteiger partial charge in [0.15, 0.2) is 0 Å². The fourth-order valence-electron chi connectivity index (χ4n) is 6.00. The number of hydrogen-bond donors (Lipinski definition) is 2. The third kappa shape index (κ3) is 5.79.